The molecule has 1 N–H and O–H groups in total. The number of hydrogen-bond acceptors (Lipinski definition) is 3. The van der Waals surface area contributed by atoms with E-state index < -0.39 is 0 Å². The minimum Gasteiger partial charge on any atom is -0.343 e. The number of carbonyl (C=O) groups is 2. The lowest BCUT2D eigenvalue weighted by atomic mass is 9.89. The highest BCUT2D eigenvalue weighted by Crippen LogP contribution is 2.23. The van der Waals surface area contributed by atoms with Crippen LogP contribution in [-0.2, 0) is 17.6 Å². The van der Waals surface area contributed by atoms with Crippen LogP contribution in [0.5, 0.6) is 0 Å². The molecule has 1 saturated heterocycles. The molecule has 4 nitrogen and oxygen atoms in total. The van der Waals surface area contributed by atoms with Crippen LogP contribution in [0.4, 0.5) is 0 Å². The van der Waals surface area contributed by atoms with Crippen molar-refractivity contribution >= 4 is 11.7 Å². The van der Waals surface area contributed by atoms with Gasteiger partial charge in [0.25, 0.3) is 0 Å². The van der Waals surface area contributed by atoms with Gasteiger partial charge in [-0.2, -0.15) is 0 Å². The van der Waals surface area contributed by atoms with Crippen LogP contribution in [0.15, 0.2) is 18.2 Å². The van der Waals surface area contributed by atoms with E-state index in [0.717, 1.165) is 57.4 Å². The second kappa shape index (κ2) is 9.31. The molecule has 0 bridgehead atoms. The van der Waals surface area contributed by atoms with Crippen LogP contribution in [-0.4, -0.2) is 42.8 Å². The minimum absolute atomic E-state index is 0.105. The van der Waals surface area contributed by atoms with Gasteiger partial charge >= 0.3 is 0 Å². The number of benzene rings is 1. The lowest BCUT2D eigenvalue weighted by Gasteiger charge is -2.32. The Morgan fingerprint density at radius 2 is 1.81 bits per heavy atom. The van der Waals surface area contributed by atoms with Crippen molar-refractivity contribution in [1.29, 1.82) is 0 Å². The Morgan fingerprint density at radius 1 is 1.08 bits per heavy atom. The van der Waals surface area contributed by atoms with Crippen molar-refractivity contribution in [2.24, 2.45) is 5.92 Å². The highest BCUT2D eigenvalue weighted by atomic mass is 16.2. The molecule has 0 unspecified atom stereocenters. The Balaban J connectivity index is 1.45. The third-order valence-electron chi connectivity index (χ3n) is 5.89. The van der Waals surface area contributed by atoms with Gasteiger partial charge in [0, 0.05) is 31.5 Å². The van der Waals surface area contributed by atoms with Crippen LogP contribution in [0, 0.1) is 5.92 Å². The number of piperidine rings is 1. The Hall–Kier alpha value is -1.68. The number of ketones is 1. The van der Waals surface area contributed by atoms with Crippen molar-refractivity contribution in [2.75, 3.05) is 26.2 Å². The number of nitrogens with one attached hydrogen (secondary N) is 1. The summed E-state index contributed by atoms with van der Waals surface area (Å²) in [7, 11) is 0. The van der Waals surface area contributed by atoms with Crippen LogP contribution in [0.3, 0.4) is 0 Å². The number of nitrogens with zero attached hydrogens (tertiary/aromatic N) is 1. The zero-order valence-electron chi connectivity index (χ0n) is 16.1. The van der Waals surface area contributed by atoms with Crippen molar-refractivity contribution in [2.45, 2.75) is 58.3 Å². The summed E-state index contributed by atoms with van der Waals surface area (Å²) in [5, 5.41) is 3.39. The van der Waals surface area contributed by atoms with E-state index in [1.165, 1.54) is 24.0 Å². The minimum atomic E-state index is 0.105. The van der Waals surface area contributed by atoms with E-state index in [9.17, 15) is 9.59 Å². The molecule has 0 saturated carbocycles. The van der Waals surface area contributed by atoms with Gasteiger partial charge in [-0.1, -0.05) is 19.1 Å². The SMILES string of the molecule is CCNCC1CCN(C(=O)CCC(=O)c2ccc3c(c2)CCCC3)CC1. The number of amides is 1. The molecule has 1 heterocycles. The first kappa shape index (κ1) is 19.1. The molecule has 1 aromatic carbocycles. The number of rotatable bonds is 7. The van der Waals surface area contributed by atoms with Gasteiger partial charge < -0.3 is 10.2 Å². The average molecular weight is 357 g/mol. The molecule has 1 fully saturated rings. The summed E-state index contributed by atoms with van der Waals surface area (Å²) >= 11 is 0. The number of Topliss-reactive ketones (excluding diaryl/α,β-unsaturated/α-hetero) is 1. The van der Waals surface area contributed by atoms with Gasteiger partial charge in [0.2, 0.25) is 5.91 Å². The standard InChI is InChI=1S/C22H32N2O2/c1-2-23-16-17-11-13-24(14-12-17)22(26)10-9-21(25)20-8-7-18-5-3-4-6-19(18)15-20/h7-8,15,17,23H,2-6,9-14,16H2,1H3. The summed E-state index contributed by atoms with van der Waals surface area (Å²) < 4.78 is 0. The molecular formula is C22H32N2O2. The number of aryl methyl sites for hydroxylation is 2. The maximum Gasteiger partial charge on any atom is 0.223 e. The normalized spacial score (nSPS) is 17.8. The van der Waals surface area contributed by atoms with Crippen LogP contribution in [0.1, 0.15) is 66.9 Å². The van der Waals surface area contributed by atoms with E-state index in [4.69, 9.17) is 0 Å². The first-order valence-corrected chi connectivity index (χ1v) is 10.3. The quantitative estimate of drug-likeness (QED) is 0.762. The monoisotopic (exact) mass is 356 g/mol. The maximum atomic E-state index is 12.5. The molecule has 0 atom stereocenters. The lowest BCUT2D eigenvalue weighted by Crippen LogP contribution is -2.40. The van der Waals surface area contributed by atoms with Gasteiger partial charge in [-0.25, -0.2) is 0 Å². The fraction of sp³-hybridized carbons (Fsp3) is 0.636. The van der Waals surface area contributed by atoms with Crippen molar-refractivity contribution in [3.8, 4) is 0 Å². The molecule has 4 heteroatoms. The summed E-state index contributed by atoms with van der Waals surface area (Å²) in [5.41, 5.74) is 3.50. The number of carbonyl (C=O) groups excluding carboxylic acids is 2. The van der Waals surface area contributed by atoms with E-state index in [2.05, 4.69) is 24.4 Å². The molecule has 142 valence electrons. The van der Waals surface area contributed by atoms with E-state index in [0.29, 0.717) is 18.8 Å². The van der Waals surface area contributed by atoms with Gasteiger partial charge in [0.1, 0.15) is 0 Å². The Labute approximate surface area is 157 Å². The second-order valence-electron chi connectivity index (χ2n) is 7.75. The molecule has 0 radical (unpaired) electrons. The Morgan fingerprint density at radius 3 is 2.54 bits per heavy atom. The smallest absolute Gasteiger partial charge is 0.223 e. The fourth-order valence-electron chi connectivity index (χ4n) is 4.16. The third-order valence-corrected chi connectivity index (χ3v) is 5.89. The van der Waals surface area contributed by atoms with Crippen molar-refractivity contribution < 1.29 is 9.59 Å². The first-order valence-electron chi connectivity index (χ1n) is 10.3. The highest BCUT2D eigenvalue weighted by Gasteiger charge is 2.23. The van der Waals surface area contributed by atoms with Crippen LogP contribution in [0.2, 0.25) is 0 Å². The van der Waals surface area contributed by atoms with Crippen molar-refractivity contribution in [1.82, 2.24) is 10.2 Å². The summed E-state index contributed by atoms with van der Waals surface area (Å²) in [5.74, 6) is 0.920. The summed E-state index contributed by atoms with van der Waals surface area (Å²) in [6, 6.07) is 6.12. The zero-order chi connectivity index (χ0) is 18.4. The van der Waals surface area contributed by atoms with Crippen LogP contribution < -0.4 is 5.32 Å². The predicted molar refractivity (Wildman–Crippen MR) is 104 cm³/mol. The number of fused-ring (bicyclic) bond motifs is 1. The average Bonchev–Trinajstić information content (AvgIpc) is 2.70. The number of likely N-dealkylation sites (tertiary alicyclic amines) is 1. The highest BCUT2D eigenvalue weighted by molar-refractivity contribution is 5.98. The third kappa shape index (κ3) is 4.94. The summed E-state index contributed by atoms with van der Waals surface area (Å²) in [6.45, 7) is 5.85. The molecule has 1 amide bonds. The molecule has 2 aliphatic rings. The van der Waals surface area contributed by atoms with Gasteiger partial charge in [-0.3, -0.25) is 9.59 Å². The molecule has 1 aromatic rings. The Bertz CT molecular complexity index is 633. The predicted octanol–water partition coefficient (Wildman–Crippen LogP) is 3.38. The van der Waals surface area contributed by atoms with Crippen molar-refractivity contribution in [3.05, 3.63) is 34.9 Å². The van der Waals surface area contributed by atoms with Gasteiger partial charge in [-0.15, -0.1) is 0 Å². The Kier molecular flexibility index (Phi) is 6.84. The molecule has 1 aliphatic carbocycles. The van der Waals surface area contributed by atoms with Gasteiger partial charge in [-0.05, 0) is 74.7 Å². The fourth-order valence-corrected chi connectivity index (χ4v) is 4.16. The van der Waals surface area contributed by atoms with E-state index in [-0.39, 0.29) is 11.7 Å². The van der Waals surface area contributed by atoms with E-state index >= 15 is 0 Å². The van der Waals surface area contributed by atoms with Crippen LogP contribution >= 0.6 is 0 Å². The lowest BCUT2D eigenvalue weighted by molar-refractivity contribution is -0.132. The van der Waals surface area contributed by atoms with Gasteiger partial charge in [0.15, 0.2) is 5.78 Å². The topological polar surface area (TPSA) is 49.4 Å². The second-order valence-corrected chi connectivity index (χ2v) is 7.75. The molecule has 0 aromatic heterocycles. The summed E-state index contributed by atoms with van der Waals surface area (Å²) in [6.07, 6.45) is 7.48. The molecule has 26 heavy (non-hydrogen) atoms. The van der Waals surface area contributed by atoms with E-state index in [1.807, 2.05) is 11.0 Å². The summed E-state index contributed by atoms with van der Waals surface area (Å²) in [4.78, 5) is 26.9. The van der Waals surface area contributed by atoms with Crippen molar-refractivity contribution in [3.63, 3.8) is 0 Å². The molecule has 3 rings (SSSR count). The van der Waals surface area contributed by atoms with Gasteiger partial charge in [0.05, 0.1) is 0 Å². The van der Waals surface area contributed by atoms with Crippen LogP contribution in [0.25, 0.3) is 0 Å². The molecular weight excluding hydrogens is 324 g/mol. The van der Waals surface area contributed by atoms with E-state index in [1.54, 1.807) is 0 Å². The molecule has 1 aliphatic heterocycles. The first-order chi connectivity index (χ1) is 12.7. The largest absolute Gasteiger partial charge is 0.343 e. The zero-order valence-corrected chi connectivity index (χ0v) is 16.1. The maximum absolute atomic E-state index is 12.5. The number of hydrogen-bond donors (Lipinski definition) is 1. The molecule has 0 spiro atoms.